The van der Waals surface area contributed by atoms with Gasteiger partial charge >= 0.3 is 0 Å². The van der Waals surface area contributed by atoms with E-state index in [1.807, 2.05) is 0 Å². The van der Waals surface area contributed by atoms with Crippen LogP contribution in [0.15, 0.2) is 18.2 Å². The highest BCUT2D eigenvalue weighted by molar-refractivity contribution is 5.33. The zero-order valence-corrected chi connectivity index (χ0v) is 10.1. The quantitative estimate of drug-likeness (QED) is 0.695. The predicted octanol–water partition coefficient (Wildman–Crippen LogP) is 4.63. The smallest absolute Gasteiger partial charge is 0.206 e. The third-order valence-electron chi connectivity index (χ3n) is 2.64. The zero-order chi connectivity index (χ0) is 12.6. The van der Waals surface area contributed by atoms with Gasteiger partial charge in [0, 0.05) is 6.42 Å². The van der Waals surface area contributed by atoms with E-state index in [1.54, 1.807) is 26.8 Å². The Morgan fingerprint density at radius 3 is 2.00 bits per heavy atom. The molecule has 0 aliphatic heterocycles. The molecule has 1 aromatic rings. The Morgan fingerprint density at radius 2 is 1.56 bits per heavy atom. The van der Waals surface area contributed by atoms with Crippen LogP contribution in [0.4, 0.5) is 13.2 Å². The van der Waals surface area contributed by atoms with Gasteiger partial charge in [-0.05, 0) is 11.0 Å². The van der Waals surface area contributed by atoms with Gasteiger partial charge in [-0.25, -0.2) is 13.2 Å². The van der Waals surface area contributed by atoms with Crippen LogP contribution in [0, 0.1) is 5.82 Å². The summed E-state index contributed by atoms with van der Waals surface area (Å²) in [6.07, 6.45) is -0.391. The van der Waals surface area contributed by atoms with Crippen LogP contribution < -0.4 is 0 Å². The minimum Gasteiger partial charge on any atom is -0.206 e. The Hall–Kier alpha value is -0.990. The molecule has 0 saturated heterocycles. The van der Waals surface area contributed by atoms with Crippen molar-refractivity contribution in [2.24, 2.45) is 0 Å². The van der Waals surface area contributed by atoms with Crippen molar-refractivity contribution in [2.45, 2.75) is 45.5 Å². The number of alkyl halides is 2. The van der Waals surface area contributed by atoms with Crippen molar-refractivity contribution in [1.29, 1.82) is 0 Å². The summed E-state index contributed by atoms with van der Waals surface area (Å²) in [7, 11) is 0. The van der Waals surface area contributed by atoms with Crippen LogP contribution in [0.2, 0.25) is 0 Å². The lowest BCUT2D eigenvalue weighted by molar-refractivity contribution is -0.0120. The molecule has 0 heterocycles. The van der Waals surface area contributed by atoms with Gasteiger partial charge in [0.2, 0.25) is 0 Å². The van der Waals surface area contributed by atoms with Gasteiger partial charge in [0.15, 0.2) is 0 Å². The lowest BCUT2D eigenvalue weighted by Crippen LogP contribution is -2.20. The number of rotatable bonds is 2. The fourth-order valence-electron chi connectivity index (χ4n) is 1.58. The van der Waals surface area contributed by atoms with E-state index in [-0.39, 0.29) is 0 Å². The molecule has 0 N–H and O–H groups in total. The summed E-state index contributed by atoms with van der Waals surface area (Å²) in [4.78, 5) is 0. The summed E-state index contributed by atoms with van der Waals surface area (Å²) in [6.45, 7) is 6.76. The summed E-state index contributed by atoms with van der Waals surface area (Å²) in [5, 5.41) is 0. The van der Waals surface area contributed by atoms with Crippen LogP contribution >= 0.6 is 0 Å². The minimum absolute atomic E-state index is 0.332. The van der Waals surface area contributed by atoms with Crippen LogP contribution in [-0.4, -0.2) is 0 Å². The Balaban J connectivity index is 3.36. The average Bonchev–Trinajstić information content (AvgIpc) is 2.16. The van der Waals surface area contributed by atoms with E-state index >= 15 is 0 Å². The maximum atomic E-state index is 14.0. The molecule has 0 amide bonds. The van der Waals surface area contributed by atoms with E-state index < -0.39 is 29.1 Å². The molecular weight excluding hydrogens is 213 g/mol. The molecular formula is C13H17F3. The highest BCUT2D eigenvalue weighted by Crippen LogP contribution is 2.36. The summed E-state index contributed by atoms with van der Waals surface area (Å²) in [5.41, 5.74) is -0.634. The Kier molecular flexibility index (Phi) is 3.36. The number of hydrogen-bond donors (Lipinski definition) is 0. The lowest BCUT2D eigenvalue weighted by atomic mass is 9.84. The molecule has 0 saturated carbocycles. The van der Waals surface area contributed by atoms with E-state index in [0.717, 1.165) is 6.07 Å². The first-order valence-electron chi connectivity index (χ1n) is 5.37. The van der Waals surface area contributed by atoms with Crippen LogP contribution in [0.25, 0.3) is 0 Å². The van der Waals surface area contributed by atoms with E-state index in [1.165, 1.54) is 13.0 Å². The SMILES string of the molecule is CCC(F)(F)c1cccc(C(C)(C)C)c1F. The summed E-state index contributed by atoms with van der Waals surface area (Å²) < 4.78 is 40.9. The second-order valence-electron chi connectivity index (χ2n) is 4.98. The van der Waals surface area contributed by atoms with Gasteiger partial charge in [-0.15, -0.1) is 0 Å². The van der Waals surface area contributed by atoms with Crippen molar-refractivity contribution >= 4 is 0 Å². The lowest BCUT2D eigenvalue weighted by Gasteiger charge is -2.23. The summed E-state index contributed by atoms with van der Waals surface area (Å²) >= 11 is 0. The van der Waals surface area contributed by atoms with E-state index in [9.17, 15) is 13.2 Å². The number of hydrogen-bond acceptors (Lipinski definition) is 0. The molecule has 3 heteroatoms. The fourth-order valence-corrected chi connectivity index (χ4v) is 1.58. The molecule has 1 aromatic carbocycles. The standard InChI is InChI=1S/C13H17F3/c1-5-13(15,16)10-8-6-7-9(11(10)14)12(2,3)4/h6-8H,5H2,1-4H3. The minimum atomic E-state index is -3.09. The maximum absolute atomic E-state index is 14.0. The summed E-state index contributed by atoms with van der Waals surface area (Å²) in [6, 6.07) is 4.21. The van der Waals surface area contributed by atoms with Crippen molar-refractivity contribution in [1.82, 2.24) is 0 Å². The van der Waals surface area contributed by atoms with Gasteiger partial charge in [0.25, 0.3) is 5.92 Å². The van der Waals surface area contributed by atoms with Crippen LogP contribution in [0.1, 0.15) is 45.2 Å². The Bertz CT molecular complexity index is 375. The van der Waals surface area contributed by atoms with Crippen molar-refractivity contribution in [2.75, 3.05) is 0 Å². The first kappa shape index (κ1) is 13.1. The van der Waals surface area contributed by atoms with Crippen molar-refractivity contribution < 1.29 is 13.2 Å². The predicted molar refractivity (Wildman–Crippen MR) is 59.3 cm³/mol. The van der Waals surface area contributed by atoms with Crippen LogP contribution in [-0.2, 0) is 11.3 Å². The number of benzene rings is 1. The largest absolute Gasteiger partial charge is 0.275 e. The van der Waals surface area contributed by atoms with E-state index in [0.29, 0.717) is 5.56 Å². The molecule has 0 nitrogen and oxygen atoms in total. The monoisotopic (exact) mass is 230 g/mol. The second-order valence-corrected chi connectivity index (χ2v) is 4.98. The molecule has 0 aliphatic carbocycles. The van der Waals surface area contributed by atoms with Gasteiger partial charge in [-0.2, -0.15) is 0 Å². The topological polar surface area (TPSA) is 0 Å². The van der Waals surface area contributed by atoms with Gasteiger partial charge in [0.05, 0.1) is 5.56 Å². The maximum Gasteiger partial charge on any atom is 0.275 e. The third kappa shape index (κ3) is 2.39. The molecule has 0 bridgehead atoms. The molecule has 0 spiro atoms. The first-order chi connectivity index (χ1) is 7.20. The van der Waals surface area contributed by atoms with Gasteiger partial charge in [0.1, 0.15) is 5.82 Å². The highest BCUT2D eigenvalue weighted by Gasteiger charge is 2.34. The molecule has 0 atom stereocenters. The third-order valence-corrected chi connectivity index (χ3v) is 2.64. The summed E-state index contributed by atoms with van der Waals surface area (Å²) in [5.74, 6) is -3.87. The van der Waals surface area contributed by atoms with E-state index in [2.05, 4.69) is 0 Å². The van der Waals surface area contributed by atoms with Gasteiger partial charge < -0.3 is 0 Å². The van der Waals surface area contributed by atoms with Gasteiger partial charge in [-0.1, -0.05) is 45.9 Å². The van der Waals surface area contributed by atoms with Gasteiger partial charge in [-0.3, -0.25) is 0 Å². The average molecular weight is 230 g/mol. The molecule has 0 aliphatic rings. The Morgan fingerprint density at radius 1 is 1.06 bits per heavy atom. The molecule has 90 valence electrons. The Labute approximate surface area is 94.5 Å². The molecule has 0 aromatic heterocycles. The second kappa shape index (κ2) is 4.11. The van der Waals surface area contributed by atoms with Crippen molar-refractivity contribution in [3.8, 4) is 0 Å². The molecule has 1 rings (SSSR count). The fraction of sp³-hybridized carbons (Fsp3) is 0.538. The van der Waals surface area contributed by atoms with Crippen LogP contribution in [0.3, 0.4) is 0 Å². The highest BCUT2D eigenvalue weighted by atomic mass is 19.3. The molecule has 0 unspecified atom stereocenters. The molecule has 0 fully saturated rings. The first-order valence-corrected chi connectivity index (χ1v) is 5.37. The number of halogens is 3. The zero-order valence-electron chi connectivity index (χ0n) is 10.1. The normalized spacial score (nSPS) is 12.9. The molecule has 0 radical (unpaired) electrons. The van der Waals surface area contributed by atoms with Crippen LogP contribution in [0.5, 0.6) is 0 Å². The van der Waals surface area contributed by atoms with Crippen molar-refractivity contribution in [3.05, 3.63) is 35.1 Å². The van der Waals surface area contributed by atoms with Crippen molar-refractivity contribution in [3.63, 3.8) is 0 Å². The molecule has 16 heavy (non-hydrogen) atoms. The van der Waals surface area contributed by atoms with E-state index in [4.69, 9.17) is 0 Å².